The van der Waals surface area contributed by atoms with Gasteiger partial charge in [-0.3, -0.25) is 4.79 Å². The van der Waals surface area contributed by atoms with Gasteiger partial charge in [-0.05, 0) is 44.2 Å². The van der Waals surface area contributed by atoms with Gasteiger partial charge in [0.05, 0.1) is 39.2 Å². The predicted molar refractivity (Wildman–Crippen MR) is 130 cm³/mol. The molecule has 0 aliphatic carbocycles. The summed E-state index contributed by atoms with van der Waals surface area (Å²) in [5.41, 5.74) is 2.79. The lowest BCUT2D eigenvalue weighted by molar-refractivity contribution is -0.124. The Balaban J connectivity index is 1.25. The number of aromatic nitrogens is 2. The van der Waals surface area contributed by atoms with E-state index in [-0.39, 0.29) is 24.7 Å². The fraction of sp³-hybridized carbons (Fsp3) is 0.280. The lowest BCUT2D eigenvalue weighted by Crippen LogP contribution is -2.30. The molecule has 0 atom stereocenters. The first-order valence-electron chi connectivity index (χ1n) is 11.0. The van der Waals surface area contributed by atoms with Crippen molar-refractivity contribution in [2.45, 2.75) is 26.9 Å². The van der Waals surface area contributed by atoms with Crippen LogP contribution in [0.15, 0.2) is 47.0 Å². The number of benzene rings is 2. The topological polar surface area (TPSA) is 113 Å². The van der Waals surface area contributed by atoms with Crippen LogP contribution in [-0.4, -0.2) is 42.3 Å². The normalized spacial score (nSPS) is 10.8. The Morgan fingerprint density at radius 2 is 1.94 bits per heavy atom. The van der Waals surface area contributed by atoms with Crippen LogP contribution in [0, 0.1) is 13.8 Å². The first-order valence-corrected chi connectivity index (χ1v) is 11.8. The summed E-state index contributed by atoms with van der Waals surface area (Å²) >= 11 is 1.60. The molecule has 0 saturated carbocycles. The zero-order valence-electron chi connectivity index (χ0n) is 19.6. The second kappa shape index (κ2) is 11.0. The van der Waals surface area contributed by atoms with Crippen LogP contribution in [0.3, 0.4) is 0 Å². The van der Waals surface area contributed by atoms with E-state index >= 15 is 0 Å². The molecule has 0 spiro atoms. The number of hydrogen-bond acceptors (Lipinski definition) is 9. The number of aryl methyl sites for hydroxylation is 2. The Hall–Kier alpha value is -3.92. The van der Waals surface area contributed by atoms with E-state index in [0.29, 0.717) is 30.2 Å². The number of amides is 1. The number of fused-ring (bicyclic) bond motifs is 1. The quantitative estimate of drug-likeness (QED) is 0.329. The lowest BCUT2D eigenvalue weighted by atomic mass is 10.2. The van der Waals surface area contributed by atoms with Crippen molar-refractivity contribution in [2.24, 2.45) is 0 Å². The van der Waals surface area contributed by atoms with E-state index < -0.39 is 5.97 Å². The molecule has 0 aliphatic heterocycles. The second-order valence-electron chi connectivity index (χ2n) is 7.71. The van der Waals surface area contributed by atoms with Gasteiger partial charge in [-0.15, -0.1) is 11.3 Å². The summed E-state index contributed by atoms with van der Waals surface area (Å²) in [7, 11) is 1.48. The van der Waals surface area contributed by atoms with E-state index in [0.717, 1.165) is 26.5 Å². The summed E-state index contributed by atoms with van der Waals surface area (Å²) in [5, 5.41) is 7.59. The molecule has 35 heavy (non-hydrogen) atoms. The van der Waals surface area contributed by atoms with Gasteiger partial charge in [0.25, 0.3) is 5.91 Å². The Morgan fingerprint density at radius 3 is 2.69 bits per heavy atom. The Morgan fingerprint density at radius 1 is 1.11 bits per heavy atom. The van der Waals surface area contributed by atoms with Gasteiger partial charge < -0.3 is 24.1 Å². The number of carbonyl (C=O) groups is 2. The van der Waals surface area contributed by atoms with Crippen molar-refractivity contribution in [3.8, 4) is 11.5 Å². The van der Waals surface area contributed by atoms with E-state index in [1.54, 1.807) is 23.5 Å². The van der Waals surface area contributed by atoms with Crippen LogP contribution < -0.4 is 14.8 Å². The molecule has 4 rings (SSSR count). The van der Waals surface area contributed by atoms with Crippen LogP contribution in [-0.2, 0) is 22.6 Å². The second-order valence-corrected chi connectivity index (χ2v) is 8.82. The molecule has 1 N–H and O–H groups in total. The number of para-hydroxylation sites is 1. The highest BCUT2D eigenvalue weighted by atomic mass is 32.1. The smallest absolute Gasteiger partial charge is 0.338 e. The molecule has 2 aromatic carbocycles. The molecule has 9 nitrogen and oxygen atoms in total. The fourth-order valence-electron chi connectivity index (χ4n) is 3.37. The minimum absolute atomic E-state index is 0.244. The zero-order chi connectivity index (χ0) is 24.8. The van der Waals surface area contributed by atoms with Gasteiger partial charge in [0.15, 0.2) is 18.1 Å². The van der Waals surface area contributed by atoms with Crippen LogP contribution in [0.5, 0.6) is 11.5 Å². The minimum atomic E-state index is -0.637. The van der Waals surface area contributed by atoms with Gasteiger partial charge in [-0.25, -0.2) is 9.78 Å². The molecule has 0 unspecified atom stereocenters. The van der Waals surface area contributed by atoms with Crippen molar-refractivity contribution in [3.63, 3.8) is 0 Å². The van der Waals surface area contributed by atoms with Gasteiger partial charge in [0.2, 0.25) is 0 Å². The standard InChI is InChI=1S/C25H25N3O6S/c1-15-18(16(2)34-28-15)13-32-20-9-8-17(12-21(20)31-3)25(30)33-14-23(29)26-11-10-24-27-19-6-4-5-7-22(19)35-24/h4-9,12H,10-11,13-14H2,1-3H3,(H,26,29). The molecule has 182 valence electrons. The van der Waals surface area contributed by atoms with Crippen molar-refractivity contribution >= 4 is 33.4 Å². The van der Waals surface area contributed by atoms with Crippen molar-refractivity contribution in [3.05, 3.63) is 70.1 Å². The monoisotopic (exact) mass is 495 g/mol. The summed E-state index contributed by atoms with van der Waals surface area (Å²) in [6, 6.07) is 12.6. The molecular weight excluding hydrogens is 470 g/mol. The number of carbonyl (C=O) groups excluding carboxylic acids is 2. The third kappa shape index (κ3) is 5.96. The van der Waals surface area contributed by atoms with Crippen molar-refractivity contribution in [1.29, 1.82) is 0 Å². The third-order valence-electron chi connectivity index (χ3n) is 5.29. The van der Waals surface area contributed by atoms with Crippen molar-refractivity contribution in [1.82, 2.24) is 15.5 Å². The summed E-state index contributed by atoms with van der Waals surface area (Å²) in [6.07, 6.45) is 0.603. The van der Waals surface area contributed by atoms with E-state index in [2.05, 4.69) is 15.5 Å². The average molecular weight is 496 g/mol. The highest BCUT2D eigenvalue weighted by molar-refractivity contribution is 7.18. The highest BCUT2D eigenvalue weighted by Gasteiger charge is 2.16. The number of nitrogens with zero attached hydrogens (tertiary/aromatic N) is 2. The predicted octanol–water partition coefficient (Wildman–Crippen LogP) is 4.00. The molecule has 2 heterocycles. The number of rotatable bonds is 10. The first kappa shape index (κ1) is 24.2. The summed E-state index contributed by atoms with van der Waals surface area (Å²) in [4.78, 5) is 29.1. The third-order valence-corrected chi connectivity index (χ3v) is 6.38. The fourth-order valence-corrected chi connectivity index (χ4v) is 4.34. The van der Waals surface area contributed by atoms with E-state index in [9.17, 15) is 9.59 Å². The molecule has 2 aromatic heterocycles. The van der Waals surface area contributed by atoms with Gasteiger partial charge >= 0.3 is 5.97 Å². The first-order chi connectivity index (χ1) is 16.9. The number of ether oxygens (including phenoxy) is 3. The van der Waals surface area contributed by atoms with E-state index in [1.807, 2.05) is 38.1 Å². The van der Waals surface area contributed by atoms with Crippen LogP contribution >= 0.6 is 11.3 Å². The molecule has 4 aromatic rings. The van der Waals surface area contributed by atoms with E-state index in [4.69, 9.17) is 18.7 Å². The van der Waals surface area contributed by atoms with Crippen LogP contribution in [0.4, 0.5) is 0 Å². The molecule has 10 heteroatoms. The number of esters is 1. The SMILES string of the molecule is COc1cc(C(=O)OCC(=O)NCCc2nc3ccccc3s2)ccc1OCc1c(C)noc1C. The number of hydrogen-bond donors (Lipinski definition) is 1. The van der Waals surface area contributed by atoms with Gasteiger partial charge in [0, 0.05) is 13.0 Å². The summed E-state index contributed by atoms with van der Waals surface area (Å²) in [6.45, 7) is 3.92. The molecule has 1 amide bonds. The number of methoxy groups -OCH3 is 1. The Bertz CT molecular complexity index is 1290. The Labute approximate surface area is 206 Å². The van der Waals surface area contributed by atoms with Crippen LogP contribution in [0.2, 0.25) is 0 Å². The molecule has 0 saturated heterocycles. The van der Waals surface area contributed by atoms with Crippen molar-refractivity contribution in [2.75, 3.05) is 20.3 Å². The maximum atomic E-state index is 12.4. The number of thiazole rings is 1. The maximum absolute atomic E-state index is 12.4. The molecule has 0 fully saturated rings. The van der Waals surface area contributed by atoms with Gasteiger partial charge in [-0.2, -0.15) is 0 Å². The summed E-state index contributed by atoms with van der Waals surface area (Å²) in [5.74, 6) is 0.482. The largest absolute Gasteiger partial charge is 0.493 e. The highest BCUT2D eigenvalue weighted by Crippen LogP contribution is 2.30. The van der Waals surface area contributed by atoms with Crippen molar-refractivity contribution < 1.29 is 28.3 Å². The van der Waals surface area contributed by atoms with E-state index in [1.165, 1.54) is 13.2 Å². The zero-order valence-corrected chi connectivity index (χ0v) is 20.4. The Kier molecular flexibility index (Phi) is 7.61. The van der Waals surface area contributed by atoms with Gasteiger partial charge in [-0.1, -0.05) is 17.3 Å². The minimum Gasteiger partial charge on any atom is -0.493 e. The molecular formula is C25H25N3O6S. The summed E-state index contributed by atoms with van der Waals surface area (Å²) < 4.78 is 22.6. The molecule has 0 aliphatic rings. The molecule has 0 radical (unpaired) electrons. The van der Waals surface area contributed by atoms with Crippen LogP contribution in [0.25, 0.3) is 10.2 Å². The molecule has 0 bridgehead atoms. The maximum Gasteiger partial charge on any atom is 0.338 e. The van der Waals surface area contributed by atoms with Gasteiger partial charge in [0.1, 0.15) is 12.4 Å². The number of nitrogens with one attached hydrogen (secondary N) is 1. The lowest BCUT2D eigenvalue weighted by Gasteiger charge is -2.12. The van der Waals surface area contributed by atoms with Crippen LogP contribution in [0.1, 0.15) is 32.4 Å². The average Bonchev–Trinajstić information content (AvgIpc) is 3.43.